The second-order valence-corrected chi connectivity index (χ2v) is 4.16. The molecule has 16 heavy (non-hydrogen) atoms. The molecule has 0 spiro atoms. The largest absolute Gasteiger partial charge is 0.469 e. The normalized spacial score (nSPS) is 12.7. The Bertz CT molecular complexity index is 463. The Kier molecular flexibility index (Phi) is 3.32. The quantitative estimate of drug-likeness (QED) is 0.885. The third-order valence-corrected chi connectivity index (χ3v) is 3.05. The fraction of sp³-hybridized carbons (Fsp3) is 0.231. The van der Waals surface area contributed by atoms with Crippen LogP contribution in [0.25, 0.3) is 0 Å². The van der Waals surface area contributed by atoms with E-state index in [2.05, 4.69) is 0 Å². The standard InChI is InChI=1S/C13H13ClO2/c1-9-11(5-2-6-12(9)14)13(15)8-10-4-3-7-16-10/h2-7,13,15H,8H2,1H3. The minimum absolute atomic E-state index is 0.466. The van der Waals surface area contributed by atoms with Crippen molar-refractivity contribution in [3.8, 4) is 0 Å². The van der Waals surface area contributed by atoms with E-state index >= 15 is 0 Å². The number of rotatable bonds is 3. The molecule has 1 unspecified atom stereocenters. The number of benzene rings is 1. The predicted molar refractivity (Wildman–Crippen MR) is 63.6 cm³/mol. The summed E-state index contributed by atoms with van der Waals surface area (Å²) in [5.41, 5.74) is 1.77. The van der Waals surface area contributed by atoms with Gasteiger partial charge in [-0.05, 0) is 36.2 Å². The minimum Gasteiger partial charge on any atom is -0.469 e. The second-order valence-electron chi connectivity index (χ2n) is 3.75. The van der Waals surface area contributed by atoms with Crippen LogP contribution in [-0.4, -0.2) is 5.11 Å². The van der Waals surface area contributed by atoms with Gasteiger partial charge in [0.25, 0.3) is 0 Å². The molecule has 0 saturated heterocycles. The topological polar surface area (TPSA) is 33.4 Å². The van der Waals surface area contributed by atoms with Gasteiger partial charge in [0.15, 0.2) is 0 Å². The first-order valence-corrected chi connectivity index (χ1v) is 5.51. The number of hydrogen-bond acceptors (Lipinski definition) is 2. The first-order chi connectivity index (χ1) is 7.68. The molecule has 84 valence electrons. The van der Waals surface area contributed by atoms with Gasteiger partial charge < -0.3 is 9.52 Å². The minimum atomic E-state index is -0.579. The van der Waals surface area contributed by atoms with Crippen LogP contribution in [0.2, 0.25) is 5.02 Å². The monoisotopic (exact) mass is 236 g/mol. The lowest BCUT2D eigenvalue weighted by molar-refractivity contribution is 0.170. The molecule has 1 atom stereocenters. The van der Waals surface area contributed by atoms with Crippen LogP contribution in [0.4, 0.5) is 0 Å². The Hall–Kier alpha value is -1.25. The molecule has 0 bridgehead atoms. The molecule has 0 aliphatic rings. The lowest BCUT2D eigenvalue weighted by atomic mass is 10.0. The first-order valence-electron chi connectivity index (χ1n) is 5.14. The van der Waals surface area contributed by atoms with Crippen molar-refractivity contribution in [3.05, 3.63) is 58.5 Å². The third-order valence-electron chi connectivity index (χ3n) is 2.64. The van der Waals surface area contributed by atoms with Crippen molar-refractivity contribution >= 4 is 11.6 Å². The molecule has 1 N–H and O–H groups in total. The summed E-state index contributed by atoms with van der Waals surface area (Å²) in [6.45, 7) is 1.91. The summed E-state index contributed by atoms with van der Waals surface area (Å²) in [5.74, 6) is 0.770. The van der Waals surface area contributed by atoms with Crippen molar-refractivity contribution in [2.45, 2.75) is 19.4 Å². The molecule has 0 amide bonds. The van der Waals surface area contributed by atoms with E-state index in [1.807, 2.05) is 37.3 Å². The summed E-state index contributed by atoms with van der Waals surface area (Å²) in [4.78, 5) is 0. The zero-order valence-corrected chi connectivity index (χ0v) is 9.74. The molecule has 0 aliphatic heterocycles. The Morgan fingerprint density at radius 2 is 2.12 bits per heavy atom. The lowest BCUT2D eigenvalue weighted by Gasteiger charge is -2.13. The molecule has 0 saturated carbocycles. The summed E-state index contributed by atoms with van der Waals surface area (Å²) >= 11 is 6.01. The van der Waals surface area contributed by atoms with Crippen molar-refractivity contribution in [2.75, 3.05) is 0 Å². The zero-order valence-electron chi connectivity index (χ0n) is 8.98. The molecule has 2 aromatic rings. The molecular weight excluding hydrogens is 224 g/mol. The van der Waals surface area contributed by atoms with Crippen LogP contribution >= 0.6 is 11.6 Å². The Morgan fingerprint density at radius 1 is 1.31 bits per heavy atom. The number of furan rings is 1. The average molecular weight is 237 g/mol. The molecular formula is C13H13ClO2. The number of aliphatic hydroxyl groups is 1. The van der Waals surface area contributed by atoms with Gasteiger partial charge in [0, 0.05) is 11.4 Å². The van der Waals surface area contributed by atoms with E-state index in [4.69, 9.17) is 16.0 Å². The summed E-state index contributed by atoms with van der Waals surface area (Å²) in [6.07, 6.45) is 1.49. The summed E-state index contributed by atoms with van der Waals surface area (Å²) in [6, 6.07) is 9.21. The van der Waals surface area contributed by atoms with Crippen LogP contribution in [0, 0.1) is 6.92 Å². The summed E-state index contributed by atoms with van der Waals surface area (Å²) in [5, 5.41) is 10.8. The maximum absolute atomic E-state index is 10.1. The fourth-order valence-corrected chi connectivity index (χ4v) is 1.90. The van der Waals surface area contributed by atoms with E-state index in [0.717, 1.165) is 16.9 Å². The van der Waals surface area contributed by atoms with Crippen molar-refractivity contribution in [1.29, 1.82) is 0 Å². The molecule has 1 aromatic heterocycles. The Labute approximate surface area is 99.5 Å². The molecule has 3 heteroatoms. The smallest absolute Gasteiger partial charge is 0.106 e. The van der Waals surface area contributed by atoms with Gasteiger partial charge in [-0.15, -0.1) is 0 Å². The van der Waals surface area contributed by atoms with E-state index in [-0.39, 0.29) is 0 Å². The van der Waals surface area contributed by atoms with Gasteiger partial charge in [0.1, 0.15) is 5.76 Å². The molecule has 2 rings (SSSR count). The lowest BCUT2D eigenvalue weighted by Crippen LogP contribution is -2.03. The third kappa shape index (κ3) is 2.29. The molecule has 0 radical (unpaired) electrons. The van der Waals surface area contributed by atoms with Gasteiger partial charge in [-0.3, -0.25) is 0 Å². The van der Waals surface area contributed by atoms with E-state index in [1.165, 1.54) is 0 Å². The molecule has 2 nitrogen and oxygen atoms in total. The van der Waals surface area contributed by atoms with Crippen molar-refractivity contribution in [3.63, 3.8) is 0 Å². The van der Waals surface area contributed by atoms with Crippen LogP contribution in [0.15, 0.2) is 41.0 Å². The van der Waals surface area contributed by atoms with E-state index in [1.54, 1.807) is 6.26 Å². The summed E-state index contributed by atoms with van der Waals surface area (Å²) in [7, 11) is 0. The summed E-state index contributed by atoms with van der Waals surface area (Å²) < 4.78 is 5.20. The predicted octanol–water partition coefficient (Wildman–Crippen LogP) is 3.52. The van der Waals surface area contributed by atoms with Crippen LogP contribution in [0.3, 0.4) is 0 Å². The van der Waals surface area contributed by atoms with Crippen molar-refractivity contribution in [1.82, 2.24) is 0 Å². The first kappa shape index (κ1) is 11.2. The van der Waals surface area contributed by atoms with Crippen LogP contribution in [0.1, 0.15) is 23.0 Å². The molecule has 1 heterocycles. The van der Waals surface area contributed by atoms with Crippen molar-refractivity contribution < 1.29 is 9.52 Å². The van der Waals surface area contributed by atoms with E-state index in [9.17, 15) is 5.11 Å². The highest BCUT2D eigenvalue weighted by atomic mass is 35.5. The van der Waals surface area contributed by atoms with Gasteiger partial charge in [-0.25, -0.2) is 0 Å². The Balaban J connectivity index is 2.21. The molecule has 1 aromatic carbocycles. The van der Waals surface area contributed by atoms with Gasteiger partial charge in [-0.2, -0.15) is 0 Å². The van der Waals surface area contributed by atoms with Gasteiger partial charge >= 0.3 is 0 Å². The highest BCUT2D eigenvalue weighted by Crippen LogP contribution is 2.26. The number of aliphatic hydroxyl groups excluding tert-OH is 1. The van der Waals surface area contributed by atoms with Crippen LogP contribution < -0.4 is 0 Å². The SMILES string of the molecule is Cc1c(Cl)cccc1C(O)Cc1ccco1. The van der Waals surface area contributed by atoms with Gasteiger partial charge in [0.2, 0.25) is 0 Å². The number of halogens is 1. The maximum Gasteiger partial charge on any atom is 0.106 e. The number of hydrogen-bond donors (Lipinski definition) is 1. The van der Waals surface area contributed by atoms with Gasteiger partial charge in [-0.1, -0.05) is 23.7 Å². The van der Waals surface area contributed by atoms with E-state index in [0.29, 0.717) is 11.4 Å². The van der Waals surface area contributed by atoms with E-state index < -0.39 is 6.10 Å². The highest BCUT2D eigenvalue weighted by Gasteiger charge is 2.13. The van der Waals surface area contributed by atoms with Crippen LogP contribution in [-0.2, 0) is 6.42 Å². The Morgan fingerprint density at radius 3 is 2.81 bits per heavy atom. The molecule has 0 fully saturated rings. The second kappa shape index (κ2) is 4.73. The van der Waals surface area contributed by atoms with Crippen LogP contribution in [0.5, 0.6) is 0 Å². The van der Waals surface area contributed by atoms with Gasteiger partial charge in [0.05, 0.1) is 12.4 Å². The van der Waals surface area contributed by atoms with Crippen molar-refractivity contribution in [2.24, 2.45) is 0 Å². The average Bonchev–Trinajstić information content (AvgIpc) is 2.74. The highest BCUT2D eigenvalue weighted by molar-refractivity contribution is 6.31. The zero-order chi connectivity index (χ0) is 11.5. The molecule has 0 aliphatic carbocycles. The maximum atomic E-state index is 10.1. The fourth-order valence-electron chi connectivity index (χ4n) is 1.71.